The van der Waals surface area contributed by atoms with Gasteiger partial charge in [-0.1, -0.05) is 5.16 Å². The maximum atomic E-state index is 5.34. The third kappa shape index (κ3) is 1.67. The van der Waals surface area contributed by atoms with E-state index in [2.05, 4.69) is 29.3 Å². The molecule has 1 aliphatic rings. The summed E-state index contributed by atoms with van der Waals surface area (Å²) in [5.74, 6) is 0.994. The van der Waals surface area contributed by atoms with Crippen molar-refractivity contribution in [1.29, 1.82) is 0 Å². The van der Waals surface area contributed by atoms with E-state index in [-0.39, 0.29) is 0 Å². The molecule has 1 aromatic rings. The highest BCUT2D eigenvalue weighted by Gasteiger charge is 2.24. The summed E-state index contributed by atoms with van der Waals surface area (Å²) in [4.78, 5) is 2.30. The lowest BCUT2D eigenvalue weighted by molar-refractivity contribution is 0.211. The molecule has 1 unspecified atom stereocenters. The average molecular weight is 195 g/mol. The van der Waals surface area contributed by atoms with Crippen LogP contribution in [0.15, 0.2) is 4.52 Å². The van der Waals surface area contributed by atoms with Crippen LogP contribution >= 0.6 is 0 Å². The second kappa shape index (κ2) is 3.71. The van der Waals surface area contributed by atoms with E-state index in [9.17, 15) is 0 Å². The van der Waals surface area contributed by atoms with Gasteiger partial charge in [-0.2, -0.15) is 0 Å². The van der Waals surface area contributed by atoms with Crippen LogP contribution in [0.4, 0.5) is 0 Å². The first kappa shape index (κ1) is 9.68. The predicted octanol–water partition coefficient (Wildman–Crippen LogP) is 0.868. The molecule has 14 heavy (non-hydrogen) atoms. The maximum Gasteiger partial charge on any atom is 0.158 e. The predicted molar refractivity (Wildman–Crippen MR) is 54.2 cm³/mol. The van der Waals surface area contributed by atoms with Crippen molar-refractivity contribution in [3.05, 3.63) is 17.0 Å². The molecule has 1 saturated heterocycles. The number of nitrogens with one attached hydrogen (secondary N) is 1. The molecule has 0 aliphatic carbocycles. The van der Waals surface area contributed by atoms with Gasteiger partial charge in [-0.15, -0.1) is 0 Å². The molecule has 78 valence electrons. The molecule has 4 heteroatoms. The van der Waals surface area contributed by atoms with Crippen LogP contribution in [0.25, 0.3) is 0 Å². The molecule has 1 N–H and O–H groups in total. The van der Waals surface area contributed by atoms with Gasteiger partial charge in [0.25, 0.3) is 0 Å². The van der Waals surface area contributed by atoms with Crippen LogP contribution in [0.3, 0.4) is 0 Å². The highest BCUT2D eigenvalue weighted by molar-refractivity contribution is 5.23. The molecule has 2 rings (SSSR count). The Morgan fingerprint density at radius 1 is 1.50 bits per heavy atom. The number of likely N-dealkylation sites (N-methyl/N-ethyl adjacent to an activating group) is 1. The fraction of sp³-hybridized carbons (Fsp3) is 0.700. The van der Waals surface area contributed by atoms with Crippen molar-refractivity contribution in [2.45, 2.75) is 19.9 Å². The first-order chi connectivity index (χ1) is 6.68. The van der Waals surface area contributed by atoms with Crippen LogP contribution in [0.2, 0.25) is 0 Å². The summed E-state index contributed by atoms with van der Waals surface area (Å²) >= 11 is 0. The SMILES string of the molecule is Cc1noc(C2CN(C)CCN2)c1C. The van der Waals surface area contributed by atoms with E-state index in [0.29, 0.717) is 6.04 Å². The summed E-state index contributed by atoms with van der Waals surface area (Å²) in [6.07, 6.45) is 0. The topological polar surface area (TPSA) is 41.3 Å². The fourth-order valence-electron chi connectivity index (χ4n) is 1.83. The van der Waals surface area contributed by atoms with Gasteiger partial charge in [-0.3, -0.25) is 0 Å². The zero-order valence-electron chi connectivity index (χ0n) is 9.00. The van der Waals surface area contributed by atoms with E-state index in [0.717, 1.165) is 31.1 Å². The Kier molecular flexibility index (Phi) is 2.56. The Hall–Kier alpha value is -0.870. The normalized spacial score (nSPS) is 24.1. The molecule has 0 bridgehead atoms. The van der Waals surface area contributed by atoms with E-state index in [1.54, 1.807) is 0 Å². The number of hydrogen-bond acceptors (Lipinski definition) is 4. The van der Waals surface area contributed by atoms with Gasteiger partial charge >= 0.3 is 0 Å². The number of hydrogen-bond donors (Lipinski definition) is 1. The minimum atomic E-state index is 0.301. The molecule has 0 radical (unpaired) electrons. The number of rotatable bonds is 1. The van der Waals surface area contributed by atoms with Gasteiger partial charge in [0.2, 0.25) is 0 Å². The molecule has 0 aromatic carbocycles. The minimum Gasteiger partial charge on any atom is -0.359 e. The first-order valence-corrected chi connectivity index (χ1v) is 5.03. The number of piperazine rings is 1. The smallest absolute Gasteiger partial charge is 0.158 e. The third-order valence-corrected chi connectivity index (χ3v) is 2.89. The van der Waals surface area contributed by atoms with E-state index in [1.807, 2.05) is 6.92 Å². The largest absolute Gasteiger partial charge is 0.359 e. The Labute approximate surface area is 84.3 Å². The molecule has 1 aliphatic heterocycles. The van der Waals surface area contributed by atoms with Crippen LogP contribution in [-0.4, -0.2) is 36.7 Å². The molecule has 0 spiro atoms. The van der Waals surface area contributed by atoms with Gasteiger partial charge in [-0.05, 0) is 20.9 Å². The summed E-state index contributed by atoms with van der Waals surface area (Å²) < 4.78 is 5.34. The van der Waals surface area contributed by atoms with Gasteiger partial charge < -0.3 is 14.7 Å². The molecule has 1 aromatic heterocycles. The zero-order valence-corrected chi connectivity index (χ0v) is 9.00. The van der Waals surface area contributed by atoms with Gasteiger partial charge in [0, 0.05) is 25.2 Å². The molecule has 0 amide bonds. The van der Waals surface area contributed by atoms with Crippen molar-refractivity contribution in [3.63, 3.8) is 0 Å². The van der Waals surface area contributed by atoms with Crippen LogP contribution < -0.4 is 5.32 Å². The van der Waals surface area contributed by atoms with Crippen molar-refractivity contribution < 1.29 is 4.52 Å². The van der Waals surface area contributed by atoms with Crippen LogP contribution in [-0.2, 0) is 0 Å². The van der Waals surface area contributed by atoms with Gasteiger partial charge in [0.05, 0.1) is 11.7 Å². The van der Waals surface area contributed by atoms with E-state index in [4.69, 9.17) is 4.52 Å². The minimum absolute atomic E-state index is 0.301. The third-order valence-electron chi connectivity index (χ3n) is 2.89. The number of aryl methyl sites for hydroxylation is 1. The summed E-state index contributed by atoms with van der Waals surface area (Å²) in [6.45, 7) is 7.16. The van der Waals surface area contributed by atoms with Crippen molar-refractivity contribution >= 4 is 0 Å². The molecular weight excluding hydrogens is 178 g/mol. The fourth-order valence-corrected chi connectivity index (χ4v) is 1.83. The quantitative estimate of drug-likeness (QED) is 0.722. The Bertz CT molecular complexity index is 321. The summed E-state index contributed by atoms with van der Waals surface area (Å²) in [5, 5.41) is 7.43. The Morgan fingerprint density at radius 3 is 2.86 bits per heavy atom. The van der Waals surface area contributed by atoms with Crippen molar-refractivity contribution in [2.24, 2.45) is 0 Å². The van der Waals surface area contributed by atoms with E-state index in [1.165, 1.54) is 5.56 Å². The molecule has 4 nitrogen and oxygen atoms in total. The Morgan fingerprint density at radius 2 is 2.29 bits per heavy atom. The zero-order chi connectivity index (χ0) is 10.1. The van der Waals surface area contributed by atoms with Crippen LogP contribution in [0, 0.1) is 13.8 Å². The summed E-state index contributed by atoms with van der Waals surface area (Å²) in [5.41, 5.74) is 2.17. The van der Waals surface area contributed by atoms with Crippen LogP contribution in [0.1, 0.15) is 23.1 Å². The molecular formula is C10H17N3O. The van der Waals surface area contributed by atoms with E-state index < -0.39 is 0 Å². The van der Waals surface area contributed by atoms with Gasteiger partial charge in [-0.25, -0.2) is 0 Å². The van der Waals surface area contributed by atoms with Gasteiger partial charge in [0.15, 0.2) is 5.76 Å². The summed E-state index contributed by atoms with van der Waals surface area (Å²) in [6, 6.07) is 0.301. The van der Waals surface area contributed by atoms with Crippen molar-refractivity contribution in [3.8, 4) is 0 Å². The summed E-state index contributed by atoms with van der Waals surface area (Å²) in [7, 11) is 2.13. The van der Waals surface area contributed by atoms with Crippen molar-refractivity contribution in [1.82, 2.24) is 15.4 Å². The van der Waals surface area contributed by atoms with Gasteiger partial charge in [0.1, 0.15) is 0 Å². The maximum absolute atomic E-state index is 5.34. The monoisotopic (exact) mass is 195 g/mol. The molecule has 0 saturated carbocycles. The molecule has 1 atom stereocenters. The lowest BCUT2D eigenvalue weighted by Gasteiger charge is -2.29. The highest BCUT2D eigenvalue weighted by atomic mass is 16.5. The second-order valence-electron chi connectivity index (χ2n) is 4.03. The van der Waals surface area contributed by atoms with E-state index >= 15 is 0 Å². The standard InChI is InChI=1S/C10H17N3O/c1-7-8(2)12-14-10(7)9-6-13(3)5-4-11-9/h9,11H,4-6H2,1-3H3. The molecule has 2 heterocycles. The number of aromatic nitrogens is 1. The lowest BCUT2D eigenvalue weighted by Crippen LogP contribution is -2.43. The Balaban J connectivity index is 2.18. The second-order valence-corrected chi connectivity index (χ2v) is 4.03. The average Bonchev–Trinajstić information content (AvgIpc) is 2.48. The van der Waals surface area contributed by atoms with Crippen LogP contribution in [0.5, 0.6) is 0 Å². The first-order valence-electron chi connectivity index (χ1n) is 5.03. The molecule has 1 fully saturated rings. The van der Waals surface area contributed by atoms with Crippen molar-refractivity contribution in [2.75, 3.05) is 26.7 Å². The lowest BCUT2D eigenvalue weighted by atomic mass is 10.1. The highest BCUT2D eigenvalue weighted by Crippen LogP contribution is 2.22. The number of nitrogens with zero attached hydrogens (tertiary/aromatic N) is 2.